The number of fused-ring (bicyclic) bond motifs is 1. The summed E-state index contributed by atoms with van der Waals surface area (Å²) in [6.45, 7) is 2.57. The zero-order valence-corrected chi connectivity index (χ0v) is 19.4. The van der Waals surface area contributed by atoms with Crippen molar-refractivity contribution in [2.24, 2.45) is 0 Å². The van der Waals surface area contributed by atoms with E-state index in [2.05, 4.69) is 10.3 Å². The van der Waals surface area contributed by atoms with Crippen molar-refractivity contribution in [1.29, 1.82) is 0 Å². The van der Waals surface area contributed by atoms with Crippen molar-refractivity contribution in [2.45, 2.75) is 13.3 Å². The standard InChI is InChI=1S/C30H25N3O2/c1-2-35-25-13-9-23(10-14-25)29-20-27(26-5-3-4-6-28(26)33-29)30(34)32-24-11-7-21(8-12-24)19-22-15-17-31-18-16-22/h3-18,20H,2,19H2,1H3,(H,32,34). The quantitative estimate of drug-likeness (QED) is 0.300. The van der Waals surface area contributed by atoms with E-state index in [1.165, 1.54) is 11.1 Å². The van der Waals surface area contributed by atoms with E-state index in [-0.39, 0.29) is 5.91 Å². The number of aromatic nitrogens is 2. The van der Waals surface area contributed by atoms with E-state index in [4.69, 9.17) is 9.72 Å². The minimum Gasteiger partial charge on any atom is -0.494 e. The molecule has 35 heavy (non-hydrogen) atoms. The second-order valence-electron chi connectivity index (χ2n) is 8.21. The Labute approximate surface area is 204 Å². The van der Waals surface area contributed by atoms with Crippen LogP contribution in [0, 0.1) is 0 Å². The lowest BCUT2D eigenvalue weighted by atomic mass is 10.0. The number of pyridine rings is 2. The fourth-order valence-electron chi connectivity index (χ4n) is 4.04. The van der Waals surface area contributed by atoms with Gasteiger partial charge in [0.2, 0.25) is 0 Å². The highest BCUT2D eigenvalue weighted by molar-refractivity contribution is 6.13. The van der Waals surface area contributed by atoms with Crippen LogP contribution in [0.15, 0.2) is 103 Å². The van der Waals surface area contributed by atoms with Crippen LogP contribution in [0.5, 0.6) is 5.75 Å². The average molecular weight is 460 g/mol. The molecular formula is C30H25N3O2. The Morgan fingerprint density at radius 1 is 0.857 bits per heavy atom. The molecule has 0 unspecified atom stereocenters. The number of benzene rings is 3. The Hall–Kier alpha value is -4.51. The average Bonchev–Trinajstić information content (AvgIpc) is 2.90. The number of para-hydroxylation sites is 1. The summed E-state index contributed by atoms with van der Waals surface area (Å²) in [6, 6.07) is 29.3. The molecule has 0 fully saturated rings. The molecule has 2 aromatic heterocycles. The zero-order valence-electron chi connectivity index (χ0n) is 19.4. The Kier molecular flexibility index (Phi) is 6.48. The zero-order chi connectivity index (χ0) is 24.0. The van der Waals surface area contributed by atoms with E-state index in [9.17, 15) is 4.79 Å². The van der Waals surface area contributed by atoms with E-state index in [0.29, 0.717) is 12.2 Å². The fourth-order valence-corrected chi connectivity index (χ4v) is 4.04. The molecule has 0 bridgehead atoms. The fraction of sp³-hybridized carbons (Fsp3) is 0.100. The van der Waals surface area contributed by atoms with E-state index >= 15 is 0 Å². The highest BCUT2D eigenvalue weighted by atomic mass is 16.5. The molecule has 172 valence electrons. The second-order valence-corrected chi connectivity index (χ2v) is 8.21. The van der Waals surface area contributed by atoms with Gasteiger partial charge in [-0.2, -0.15) is 0 Å². The van der Waals surface area contributed by atoms with E-state index < -0.39 is 0 Å². The Morgan fingerprint density at radius 2 is 1.57 bits per heavy atom. The molecular weight excluding hydrogens is 434 g/mol. The largest absolute Gasteiger partial charge is 0.494 e. The maximum atomic E-state index is 13.4. The molecule has 2 heterocycles. The maximum Gasteiger partial charge on any atom is 0.256 e. The molecule has 0 aliphatic rings. The van der Waals surface area contributed by atoms with Gasteiger partial charge in [-0.05, 0) is 85.1 Å². The third-order valence-corrected chi connectivity index (χ3v) is 5.79. The molecule has 5 nitrogen and oxygen atoms in total. The van der Waals surface area contributed by atoms with Crippen molar-refractivity contribution in [1.82, 2.24) is 9.97 Å². The molecule has 0 spiro atoms. The summed E-state index contributed by atoms with van der Waals surface area (Å²) in [5, 5.41) is 3.86. The smallest absolute Gasteiger partial charge is 0.256 e. The molecule has 0 atom stereocenters. The van der Waals surface area contributed by atoms with E-state index in [0.717, 1.165) is 40.0 Å². The van der Waals surface area contributed by atoms with Crippen LogP contribution in [0.25, 0.3) is 22.2 Å². The number of anilines is 1. The molecule has 1 N–H and O–H groups in total. The van der Waals surface area contributed by atoms with Gasteiger partial charge in [0.15, 0.2) is 0 Å². The molecule has 0 saturated carbocycles. The first-order valence-electron chi connectivity index (χ1n) is 11.6. The van der Waals surface area contributed by atoms with Crippen molar-refractivity contribution in [3.63, 3.8) is 0 Å². The van der Waals surface area contributed by atoms with Crippen molar-refractivity contribution < 1.29 is 9.53 Å². The predicted molar refractivity (Wildman–Crippen MR) is 140 cm³/mol. The van der Waals surface area contributed by atoms with Crippen molar-refractivity contribution in [3.05, 3.63) is 120 Å². The molecule has 3 aromatic carbocycles. The molecule has 5 rings (SSSR count). The van der Waals surface area contributed by atoms with Gasteiger partial charge in [0.05, 0.1) is 23.4 Å². The minimum absolute atomic E-state index is 0.169. The number of hydrogen-bond acceptors (Lipinski definition) is 4. The third-order valence-electron chi connectivity index (χ3n) is 5.79. The van der Waals surface area contributed by atoms with Gasteiger partial charge in [0.1, 0.15) is 5.75 Å². The van der Waals surface area contributed by atoms with Gasteiger partial charge in [-0.1, -0.05) is 30.3 Å². The minimum atomic E-state index is -0.169. The van der Waals surface area contributed by atoms with Gasteiger partial charge in [-0.15, -0.1) is 0 Å². The van der Waals surface area contributed by atoms with Crippen LogP contribution in [-0.4, -0.2) is 22.5 Å². The Balaban J connectivity index is 1.41. The molecule has 5 aromatic rings. The third kappa shape index (κ3) is 5.20. The number of nitrogens with one attached hydrogen (secondary N) is 1. The summed E-state index contributed by atoms with van der Waals surface area (Å²) in [6.07, 6.45) is 4.41. The van der Waals surface area contributed by atoms with Gasteiger partial charge in [0.25, 0.3) is 5.91 Å². The topological polar surface area (TPSA) is 64.1 Å². The van der Waals surface area contributed by atoms with Gasteiger partial charge < -0.3 is 10.1 Å². The summed E-state index contributed by atoms with van der Waals surface area (Å²) in [7, 11) is 0. The Morgan fingerprint density at radius 3 is 2.31 bits per heavy atom. The van der Waals surface area contributed by atoms with Crippen LogP contribution in [0.1, 0.15) is 28.4 Å². The van der Waals surface area contributed by atoms with Crippen LogP contribution >= 0.6 is 0 Å². The Bertz CT molecular complexity index is 1450. The maximum absolute atomic E-state index is 13.4. The molecule has 0 aliphatic heterocycles. The van der Waals surface area contributed by atoms with Crippen molar-refractivity contribution in [2.75, 3.05) is 11.9 Å². The van der Waals surface area contributed by atoms with Crippen LogP contribution in [0.4, 0.5) is 5.69 Å². The first-order valence-corrected chi connectivity index (χ1v) is 11.6. The number of rotatable bonds is 7. The van der Waals surface area contributed by atoms with Crippen LogP contribution < -0.4 is 10.1 Å². The number of hydrogen-bond donors (Lipinski definition) is 1. The first-order chi connectivity index (χ1) is 17.2. The van der Waals surface area contributed by atoms with Gasteiger partial charge >= 0.3 is 0 Å². The number of carbonyl (C=O) groups excluding carboxylic acids is 1. The van der Waals surface area contributed by atoms with E-state index in [1.54, 1.807) is 12.4 Å². The number of nitrogens with zero attached hydrogens (tertiary/aromatic N) is 2. The normalized spacial score (nSPS) is 10.8. The highest BCUT2D eigenvalue weighted by Gasteiger charge is 2.14. The lowest BCUT2D eigenvalue weighted by molar-refractivity contribution is 0.102. The van der Waals surface area contributed by atoms with Crippen LogP contribution in [-0.2, 0) is 6.42 Å². The van der Waals surface area contributed by atoms with Gasteiger partial charge in [0, 0.05) is 29.0 Å². The lowest BCUT2D eigenvalue weighted by Gasteiger charge is -2.12. The summed E-state index contributed by atoms with van der Waals surface area (Å²) in [5.74, 6) is 0.639. The number of amides is 1. The molecule has 0 radical (unpaired) electrons. The number of carbonyl (C=O) groups is 1. The highest BCUT2D eigenvalue weighted by Crippen LogP contribution is 2.27. The van der Waals surface area contributed by atoms with Gasteiger partial charge in [-0.25, -0.2) is 4.98 Å². The number of ether oxygens (including phenoxy) is 1. The van der Waals surface area contributed by atoms with Crippen LogP contribution in [0.3, 0.4) is 0 Å². The molecule has 0 saturated heterocycles. The summed E-state index contributed by atoms with van der Waals surface area (Å²) in [5.41, 5.74) is 6.13. The van der Waals surface area contributed by atoms with Crippen molar-refractivity contribution in [3.8, 4) is 17.0 Å². The molecule has 5 heteroatoms. The van der Waals surface area contributed by atoms with E-state index in [1.807, 2.05) is 97.9 Å². The first kappa shape index (κ1) is 22.3. The van der Waals surface area contributed by atoms with Crippen molar-refractivity contribution >= 4 is 22.5 Å². The van der Waals surface area contributed by atoms with Crippen LogP contribution in [0.2, 0.25) is 0 Å². The molecule has 1 amide bonds. The molecule has 0 aliphatic carbocycles. The predicted octanol–water partition coefficient (Wildman–Crippen LogP) is 6.54. The lowest BCUT2D eigenvalue weighted by Crippen LogP contribution is -2.13. The SMILES string of the molecule is CCOc1ccc(-c2cc(C(=O)Nc3ccc(Cc4ccncc4)cc3)c3ccccc3n2)cc1. The second kappa shape index (κ2) is 10.2. The van der Waals surface area contributed by atoms with Gasteiger partial charge in [-0.3, -0.25) is 9.78 Å². The summed E-state index contributed by atoms with van der Waals surface area (Å²) >= 11 is 0. The summed E-state index contributed by atoms with van der Waals surface area (Å²) in [4.78, 5) is 22.2. The monoisotopic (exact) mass is 459 g/mol. The summed E-state index contributed by atoms with van der Waals surface area (Å²) < 4.78 is 5.55.